The molecule has 0 radical (unpaired) electrons. The Balaban J connectivity index is 0.00000161. The van der Waals surface area contributed by atoms with Crippen molar-refractivity contribution >= 4 is 12.4 Å². The summed E-state index contributed by atoms with van der Waals surface area (Å²) in [4.78, 5) is 4.39. The van der Waals surface area contributed by atoms with E-state index in [4.69, 9.17) is 4.74 Å². The van der Waals surface area contributed by atoms with Crippen molar-refractivity contribution in [3.8, 4) is 5.88 Å². The van der Waals surface area contributed by atoms with Gasteiger partial charge in [-0.2, -0.15) is 0 Å². The van der Waals surface area contributed by atoms with Crippen molar-refractivity contribution < 1.29 is 4.74 Å². The summed E-state index contributed by atoms with van der Waals surface area (Å²) in [6.07, 6.45) is 5.27. The zero-order valence-electron chi connectivity index (χ0n) is 12.0. The highest BCUT2D eigenvalue weighted by molar-refractivity contribution is 5.85. The first-order valence-electron chi connectivity index (χ1n) is 7.25. The minimum absolute atomic E-state index is 0. The van der Waals surface area contributed by atoms with Crippen LogP contribution in [0.2, 0.25) is 0 Å². The van der Waals surface area contributed by atoms with E-state index in [1.165, 1.54) is 24.0 Å². The number of hydrogen-bond donors (Lipinski definition) is 1. The van der Waals surface area contributed by atoms with Crippen LogP contribution in [-0.2, 0) is 6.42 Å². The maximum Gasteiger partial charge on any atom is 0.213 e. The third-order valence-corrected chi connectivity index (χ3v) is 3.64. The molecule has 0 spiro atoms. The van der Waals surface area contributed by atoms with Crippen molar-refractivity contribution in [1.82, 2.24) is 10.3 Å². The third-order valence-electron chi connectivity index (χ3n) is 3.64. The summed E-state index contributed by atoms with van der Waals surface area (Å²) < 4.78 is 5.72. The van der Waals surface area contributed by atoms with Gasteiger partial charge in [-0.3, -0.25) is 0 Å². The SMILES string of the molecule is Cl.c1ccc(Cc2ccc(OC[C@H]3CCCN3)nc2)cc1. The molecule has 3 rings (SSSR count). The van der Waals surface area contributed by atoms with Gasteiger partial charge in [0.15, 0.2) is 0 Å². The van der Waals surface area contributed by atoms with Gasteiger partial charge < -0.3 is 10.1 Å². The highest BCUT2D eigenvalue weighted by atomic mass is 35.5. The molecule has 3 nitrogen and oxygen atoms in total. The van der Waals surface area contributed by atoms with E-state index in [0.29, 0.717) is 12.6 Å². The summed E-state index contributed by atoms with van der Waals surface area (Å²) in [7, 11) is 0. The first-order valence-corrected chi connectivity index (χ1v) is 7.25. The van der Waals surface area contributed by atoms with E-state index in [9.17, 15) is 0 Å². The standard InChI is InChI=1S/C17H20N2O.ClH/c1-2-5-14(6-3-1)11-15-8-9-17(19-12-15)20-13-16-7-4-10-18-16;/h1-3,5-6,8-9,12,16,18H,4,7,10-11,13H2;1H/t16-;/m1./s1. The topological polar surface area (TPSA) is 34.1 Å². The zero-order chi connectivity index (χ0) is 13.6. The number of rotatable bonds is 5. The van der Waals surface area contributed by atoms with Crippen molar-refractivity contribution in [2.75, 3.05) is 13.2 Å². The van der Waals surface area contributed by atoms with Crippen LogP contribution < -0.4 is 10.1 Å². The van der Waals surface area contributed by atoms with E-state index in [1.54, 1.807) is 0 Å². The second-order valence-electron chi connectivity index (χ2n) is 5.27. The lowest BCUT2D eigenvalue weighted by atomic mass is 10.1. The van der Waals surface area contributed by atoms with Crippen LogP contribution in [0.4, 0.5) is 0 Å². The Morgan fingerprint density at radius 2 is 1.95 bits per heavy atom. The molecule has 1 aliphatic rings. The van der Waals surface area contributed by atoms with Gasteiger partial charge in [0.1, 0.15) is 6.61 Å². The monoisotopic (exact) mass is 304 g/mol. The van der Waals surface area contributed by atoms with Gasteiger partial charge in [0.2, 0.25) is 5.88 Å². The average Bonchev–Trinajstić information content (AvgIpc) is 3.01. The maximum absolute atomic E-state index is 5.72. The fourth-order valence-electron chi connectivity index (χ4n) is 2.52. The zero-order valence-corrected chi connectivity index (χ0v) is 12.8. The molecule has 1 atom stereocenters. The smallest absolute Gasteiger partial charge is 0.213 e. The summed E-state index contributed by atoms with van der Waals surface area (Å²) in [5.41, 5.74) is 2.51. The second kappa shape index (κ2) is 8.01. The number of hydrogen-bond acceptors (Lipinski definition) is 3. The highest BCUT2D eigenvalue weighted by Gasteiger charge is 2.14. The van der Waals surface area contributed by atoms with Crippen molar-refractivity contribution in [2.45, 2.75) is 25.3 Å². The molecular weight excluding hydrogens is 284 g/mol. The lowest BCUT2D eigenvalue weighted by molar-refractivity contribution is 0.267. The normalized spacial score (nSPS) is 17.2. The molecule has 1 aromatic heterocycles. The van der Waals surface area contributed by atoms with Gasteiger partial charge in [-0.25, -0.2) is 4.98 Å². The Labute approximate surface area is 132 Å². The van der Waals surface area contributed by atoms with E-state index in [2.05, 4.69) is 40.6 Å². The number of halogens is 1. The Hall–Kier alpha value is -1.58. The lowest BCUT2D eigenvalue weighted by Crippen LogP contribution is -2.28. The van der Waals surface area contributed by atoms with Gasteiger partial charge in [-0.1, -0.05) is 36.4 Å². The van der Waals surface area contributed by atoms with Crippen LogP contribution >= 0.6 is 12.4 Å². The maximum atomic E-state index is 5.72. The Morgan fingerprint density at radius 1 is 1.10 bits per heavy atom. The summed E-state index contributed by atoms with van der Waals surface area (Å²) in [6.45, 7) is 1.82. The molecule has 1 fully saturated rings. The predicted octanol–water partition coefficient (Wildman–Crippen LogP) is 3.23. The van der Waals surface area contributed by atoms with Crippen molar-refractivity contribution in [3.05, 3.63) is 59.8 Å². The van der Waals surface area contributed by atoms with Crippen LogP contribution in [0.1, 0.15) is 24.0 Å². The molecule has 2 aromatic rings. The first kappa shape index (κ1) is 15.8. The Kier molecular flexibility index (Phi) is 6.03. The van der Waals surface area contributed by atoms with E-state index in [1.807, 2.05) is 18.3 Å². The molecule has 1 N–H and O–H groups in total. The van der Waals surface area contributed by atoms with Crippen LogP contribution in [0.5, 0.6) is 5.88 Å². The molecule has 0 unspecified atom stereocenters. The molecule has 0 saturated carbocycles. The van der Waals surface area contributed by atoms with E-state index in [-0.39, 0.29) is 12.4 Å². The fraction of sp³-hybridized carbons (Fsp3) is 0.353. The van der Waals surface area contributed by atoms with Gasteiger partial charge in [0.25, 0.3) is 0 Å². The molecule has 0 amide bonds. The molecule has 21 heavy (non-hydrogen) atoms. The van der Waals surface area contributed by atoms with Crippen LogP contribution in [0.3, 0.4) is 0 Å². The summed E-state index contributed by atoms with van der Waals surface area (Å²) in [6, 6.07) is 15.0. The molecule has 1 aliphatic heterocycles. The van der Waals surface area contributed by atoms with Gasteiger partial charge >= 0.3 is 0 Å². The van der Waals surface area contributed by atoms with Gasteiger partial charge in [-0.05, 0) is 36.9 Å². The molecule has 1 saturated heterocycles. The number of nitrogens with zero attached hydrogens (tertiary/aromatic N) is 1. The number of nitrogens with one attached hydrogen (secondary N) is 1. The van der Waals surface area contributed by atoms with E-state index in [0.717, 1.165) is 18.8 Å². The van der Waals surface area contributed by atoms with Crippen molar-refractivity contribution in [1.29, 1.82) is 0 Å². The van der Waals surface area contributed by atoms with Gasteiger partial charge in [0, 0.05) is 18.3 Å². The number of ether oxygens (including phenoxy) is 1. The fourth-order valence-corrected chi connectivity index (χ4v) is 2.52. The number of pyridine rings is 1. The number of benzene rings is 1. The van der Waals surface area contributed by atoms with E-state index >= 15 is 0 Å². The van der Waals surface area contributed by atoms with Crippen LogP contribution in [-0.4, -0.2) is 24.2 Å². The van der Waals surface area contributed by atoms with Crippen LogP contribution in [0.25, 0.3) is 0 Å². The molecule has 1 aromatic carbocycles. The summed E-state index contributed by atoms with van der Waals surface area (Å²) >= 11 is 0. The molecule has 112 valence electrons. The Morgan fingerprint density at radius 3 is 2.62 bits per heavy atom. The van der Waals surface area contributed by atoms with Crippen LogP contribution in [0, 0.1) is 0 Å². The van der Waals surface area contributed by atoms with Crippen molar-refractivity contribution in [3.63, 3.8) is 0 Å². The van der Waals surface area contributed by atoms with Crippen LogP contribution in [0.15, 0.2) is 48.7 Å². The van der Waals surface area contributed by atoms with Gasteiger partial charge in [-0.15, -0.1) is 12.4 Å². The summed E-state index contributed by atoms with van der Waals surface area (Å²) in [5, 5.41) is 3.42. The summed E-state index contributed by atoms with van der Waals surface area (Å²) in [5.74, 6) is 0.718. The average molecular weight is 305 g/mol. The van der Waals surface area contributed by atoms with E-state index < -0.39 is 0 Å². The Bertz CT molecular complexity index is 524. The van der Waals surface area contributed by atoms with Crippen molar-refractivity contribution in [2.24, 2.45) is 0 Å². The molecule has 0 bridgehead atoms. The third kappa shape index (κ3) is 4.73. The quantitative estimate of drug-likeness (QED) is 0.921. The van der Waals surface area contributed by atoms with Gasteiger partial charge in [0.05, 0.1) is 0 Å². The second-order valence-corrected chi connectivity index (χ2v) is 5.27. The highest BCUT2D eigenvalue weighted by Crippen LogP contribution is 2.13. The largest absolute Gasteiger partial charge is 0.476 e. The minimum atomic E-state index is 0. The predicted molar refractivity (Wildman–Crippen MR) is 87.3 cm³/mol. The number of aromatic nitrogens is 1. The molecule has 0 aliphatic carbocycles. The first-order chi connectivity index (χ1) is 9.90. The minimum Gasteiger partial charge on any atom is -0.476 e. The molecule has 4 heteroatoms. The lowest BCUT2D eigenvalue weighted by Gasteiger charge is -2.11. The molecular formula is C17H21ClN2O. The molecule has 2 heterocycles.